The Morgan fingerprint density at radius 2 is 1.81 bits per heavy atom. The van der Waals surface area contributed by atoms with Gasteiger partial charge in [0, 0.05) is 6.42 Å². The van der Waals surface area contributed by atoms with Gasteiger partial charge in [-0.1, -0.05) is 47.2 Å². The first-order valence-corrected chi connectivity index (χ1v) is 9.69. The number of rotatable bonds is 6. The van der Waals surface area contributed by atoms with Crippen LogP contribution in [-0.2, 0) is 25.8 Å². The van der Waals surface area contributed by atoms with Gasteiger partial charge in [-0.05, 0) is 5.56 Å². The molecule has 1 aromatic rings. The van der Waals surface area contributed by atoms with Crippen LogP contribution in [0.15, 0.2) is 35.5 Å². The van der Waals surface area contributed by atoms with Gasteiger partial charge in [0.2, 0.25) is 0 Å². The van der Waals surface area contributed by atoms with Gasteiger partial charge < -0.3 is 25.2 Å². The second-order valence-corrected chi connectivity index (χ2v) is 7.64. The van der Waals surface area contributed by atoms with Crippen LogP contribution in [0.1, 0.15) is 5.56 Å². The van der Waals surface area contributed by atoms with E-state index < -0.39 is 46.9 Å². The van der Waals surface area contributed by atoms with E-state index in [0.29, 0.717) is 0 Å². The molecule has 26 heavy (non-hydrogen) atoms. The Hall–Kier alpha value is -1.25. The highest BCUT2D eigenvalue weighted by Gasteiger charge is 2.44. The zero-order valence-electron chi connectivity index (χ0n) is 13.3. The van der Waals surface area contributed by atoms with Gasteiger partial charge in [0.1, 0.15) is 34.9 Å². The molecule has 2 rings (SSSR count). The number of aliphatic hydroxyl groups is 4. The van der Waals surface area contributed by atoms with Crippen LogP contribution in [0.4, 0.5) is 0 Å². The van der Waals surface area contributed by atoms with Crippen molar-refractivity contribution in [2.24, 2.45) is 5.16 Å². The molecule has 0 saturated carbocycles. The zero-order chi connectivity index (χ0) is 19.3. The van der Waals surface area contributed by atoms with Crippen molar-refractivity contribution in [3.63, 3.8) is 0 Å². The summed E-state index contributed by atoms with van der Waals surface area (Å²) in [6.07, 6.45) is -5.68. The molecular formula is C14H19NO9S2. The maximum atomic E-state index is 10.8. The number of benzene rings is 1. The SMILES string of the molecule is O=S(=O)(O)ON=C(Cc1ccccc1)SC1OC(CO)C(O)C(O)C1O. The van der Waals surface area contributed by atoms with Gasteiger partial charge >= 0.3 is 10.4 Å². The number of ether oxygens (including phenoxy) is 1. The molecule has 5 N–H and O–H groups in total. The van der Waals surface area contributed by atoms with Crippen LogP contribution in [-0.4, -0.2) is 74.9 Å². The predicted octanol–water partition coefficient (Wildman–Crippen LogP) is -1.10. The Labute approximate surface area is 154 Å². The summed E-state index contributed by atoms with van der Waals surface area (Å²) in [6.45, 7) is -0.602. The van der Waals surface area contributed by atoms with Crippen LogP contribution in [0.25, 0.3) is 0 Å². The molecule has 1 heterocycles. The maximum absolute atomic E-state index is 10.8. The normalized spacial score (nSPS) is 30.2. The summed E-state index contributed by atoms with van der Waals surface area (Å²) >= 11 is 0.729. The molecule has 12 heteroatoms. The Balaban J connectivity index is 2.19. The third kappa shape index (κ3) is 5.89. The number of hydrogen-bond acceptors (Lipinski definition) is 10. The van der Waals surface area contributed by atoms with E-state index in [0.717, 1.165) is 17.3 Å². The fourth-order valence-corrected chi connectivity index (χ4v) is 3.58. The smallest absolute Gasteiger partial charge is 0.394 e. The average Bonchev–Trinajstić information content (AvgIpc) is 2.60. The molecule has 1 saturated heterocycles. The van der Waals surface area contributed by atoms with Gasteiger partial charge in [-0.15, -0.1) is 0 Å². The van der Waals surface area contributed by atoms with Crippen molar-refractivity contribution < 1.29 is 42.4 Å². The number of hydrogen-bond donors (Lipinski definition) is 5. The summed E-state index contributed by atoms with van der Waals surface area (Å²) in [6, 6.07) is 8.73. The highest BCUT2D eigenvalue weighted by Crippen LogP contribution is 2.30. The molecule has 0 bridgehead atoms. The summed E-state index contributed by atoms with van der Waals surface area (Å²) in [7, 11) is -4.83. The zero-order valence-corrected chi connectivity index (χ0v) is 15.0. The third-order valence-electron chi connectivity index (χ3n) is 3.53. The molecule has 0 spiro atoms. The molecular weight excluding hydrogens is 390 g/mol. The molecule has 10 nitrogen and oxygen atoms in total. The van der Waals surface area contributed by atoms with Crippen molar-refractivity contribution in [1.82, 2.24) is 0 Å². The fourth-order valence-electron chi connectivity index (χ4n) is 2.25. The molecule has 5 unspecified atom stereocenters. The quantitative estimate of drug-likeness (QED) is 0.168. The molecule has 146 valence electrons. The van der Waals surface area contributed by atoms with Crippen LogP contribution >= 0.6 is 11.8 Å². The molecule has 0 aromatic heterocycles. The monoisotopic (exact) mass is 409 g/mol. The Bertz CT molecular complexity index is 710. The number of oxime groups is 1. The van der Waals surface area contributed by atoms with Crippen LogP contribution < -0.4 is 0 Å². The van der Waals surface area contributed by atoms with Gasteiger partial charge in [-0.3, -0.25) is 4.55 Å². The topological polar surface area (TPSA) is 166 Å². The largest absolute Gasteiger partial charge is 0.466 e. The summed E-state index contributed by atoms with van der Waals surface area (Å²) in [5.74, 6) is 0. The van der Waals surface area contributed by atoms with Crippen LogP contribution in [0.5, 0.6) is 0 Å². The van der Waals surface area contributed by atoms with E-state index >= 15 is 0 Å². The first-order valence-electron chi connectivity index (χ1n) is 7.45. The van der Waals surface area contributed by atoms with Gasteiger partial charge in [0.05, 0.1) is 6.61 Å². The number of thioether (sulfide) groups is 1. The van der Waals surface area contributed by atoms with Crippen molar-refractivity contribution in [2.45, 2.75) is 36.3 Å². The summed E-state index contributed by atoms with van der Waals surface area (Å²) in [4.78, 5) is 0. The Morgan fingerprint density at radius 3 is 2.38 bits per heavy atom. The molecule has 0 aliphatic carbocycles. The first-order chi connectivity index (χ1) is 12.2. The maximum Gasteiger partial charge on any atom is 0.466 e. The molecule has 0 radical (unpaired) electrons. The lowest BCUT2D eigenvalue weighted by atomic mass is 10.0. The van der Waals surface area contributed by atoms with Crippen molar-refractivity contribution in [3.05, 3.63) is 35.9 Å². The molecule has 1 aliphatic heterocycles. The Morgan fingerprint density at radius 1 is 1.15 bits per heavy atom. The van der Waals surface area contributed by atoms with Gasteiger partial charge in [-0.25, -0.2) is 4.28 Å². The van der Waals surface area contributed by atoms with Crippen molar-refractivity contribution in [2.75, 3.05) is 6.61 Å². The van der Waals surface area contributed by atoms with Crippen molar-refractivity contribution >= 4 is 27.2 Å². The second-order valence-electron chi connectivity index (χ2n) is 5.46. The van der Waals surface area contributed by atoms with Crippen molar-refractivity contribution in [3.8, 4) is 0 Å². The van der Waals surface area contributed by atoms with E-state index in [1.807, 2.05) is 0 Å². The fraction of sp³-hybridized carbons (Fsp3) is 0.500. The predicted molar refractivity (Wildman–Crippen MR) is 91.6 cm³/mol. The first kappa shape index (κ1) is 21.1. The molecule has 1 fully saturated rings. The van der Waals surface area contributed by atoms with Crippen LogP contribution in [0.3, 0.4) is 0 Å². The standard InChI is InChI=1S/C14H19NO9S2/c16-7-9-11(17)12(18)13(19)14(23-9)25-10(15-24-26(20,21)22)6-8-4-2-1-3-5-8/h1-5,9,11-14,16-19H,6-7H2,(H,20,21,22). The van der Waals surface area contributed by atoms with Gasteiger partial charge in [-0.2, -0.15) is 8.42 Å². The Kier molecular flexibility index (Phi) is 7.37. The minimum Gasteiger partial charge on any atom is -0.394 e. The lowest BCUT2D eigenvalue weighted by Crippen LogP contribution is -2.57. The molecule has 1 aromatic carbocycles. The second kappa shape index (κ2) is 9.10. The van der Waals surface area contributed by atoms with Crippen molar-refractivity contribution in [1.29, 1.82) is 0 Å². The van der Waals surface area contributed by atoms with E-state index in [-0.39, 0.29) is 11.5 Å². The minimum atomic E-state index is -4.83. The van der Waals surface area contributed by atoms with Crippen LogP contribution in [0, 0.1) is 0 Å². The number of aliphatic hydroxyl groups excluding tert-OH is 4. The van der Waals surface area contributed by atoms with E-state index in [1.165, 1.54) is 0 Å². The van der Waals surface area contributed by atoms with E-state index in [4.69, 9.17) is 9.29 Å². The molecule has 0 amide bonds. The average molecular weight is 409 g/mol. The highest BCUT2D eigenvalue weighted by molar-refractivity contribution is 8.14. The third-order valence-corrected chi connectivity index (χ3v) is 4.91. The minimum absolute atomic E-state index is 0.0122. The molecule has 5 atom stereocenters. The number of nitrogens with zero attached hydrogens (tertiary/aromatic N) is 1. The van der Waals surface area contributed by atoms with Gasteiger partial charge in [0.25, 0.3) is 0 Å². The lowest BCUT2D eigenvalue weighted by molar-refractivity contribution is -0.205. The van der Waals surface area contributed by atoms with E-state index in [9.17, 15) is 28.8 Å². The summed E-state index contributed by atoms with van der Waals surface area (Å²) in [5.41, 5.74) is -0.444. The van der Waals surface area contributed by atoms with E-state index in [1.54, 1.807) is 30.3 Å². The van der Waals surface area contributed by atoms with E-state index in [2.05, 4.69) is 9.44 Å². The highest BCUT2D eigenvalue weighted by atomic mass is 32.3. The summed E-state index contributed by atoms with van der Waals surface area (Å²) in [5, 5.41) is 42.2. The summed E-state index contributed by atoms with van der Waals surface area (Å²) < 4.78 is 39.6. The lowest BCUT2D eigenvalue weighted by Gasteiger charge is -2.39. The molecule has 1 aliphatic rings. The van der Waals surface area contributed by atoms with Gasteiger partial charge in [0.15, 0.2) is 0 Å². The van der Waals surface area contributed by atoms with Crippen LogP contribution in [0.2, 0.25) is 0 Å².